The molecule has 5 nitrogen and oxygen atoms in total. The van der Waals surface area contributed by atoms with E-state index in [0.29, 0.717) is 0 Å². The average Bonchev–Trinajstić information content (AvgIpc) is 2.88. The molecule has 20 heavy (non-hydrogen) atoms. The fourth-order valence-corrected chi connectivity index (χ4v) is 2.74. The number of hydrogen-bond acceptors (Lipinski definition) is 5. The maximum atomic E-state index is 5.71. The van der Waals surface area contributed by atoms with Gasteiger partial charge in [-0.1, -0.05) is 44.2 Å². The molecular weight excluding hydrogens is 270 g/mol. The van der Waals surface area contributed by atoms with Crippen molar-refractivity contribution in [3.05, 3.63) is 42.2 Å². The van der Waals surface area contributed by atoms with E-state index in [9.17, 15) is 0 Å². The van der Waals surface area contributed by atoms with Crippen LogP contribution in [0.5, 0.6) is 0 Å². The predicted molar refractivity (Wildman–Crippen MR) is 83.6 cm³/mol. The standard InChI is InChI=1S/C14H21N5S/c1-14(2,3)20-10-12(17-15)13-9-16-18-19(13)11-7-5-4-6-8-11/h4-9,12,17H,10,15H2,1-3H3. The predicted octanol–water partition coefficient (Wildman–Crippen LogP) is 2.30. The fraction of sp³-hybridized carbons (Fsp3) is 0.429. The molecule has 0 bridgehead atoms. The molecule has 1 atom stereocenters. The molecule has 0 aliphatic rings. The Morgan fingerprint density at radius 3 is 2.60 bits per heavy atom. The molecule has 0 fully saturated rings. The third-order valence-corrected chi connectivity index (χ3v) is 4.18. The lowest BCUT2D eigenvalue weighted by molar-refractivity contribution is 0.570. The summed E-state index contributed by atoms with van der Waals surface area (Å²) in [7, 11) is 0. The van der Waals surface area contributed by atoms with Gasteiger partial charge < -0.3 is 0 Å². The van der Waals surface area contributed by atoms with E-state index < -0.39 is 0 Å². The van der Waals surface area contributed by atoms with Gasteiger partial charge in [-0.3, -0.25) is 11.3 Å². The minimum absolute atomic E-state index is 0.00873. The van der Waals surface area contributed by atoms with Crippen LogP contribution in [0.1, 0.15) is 32.5 Å². The summed E-state index contributed by atoms with van der Waals surface area (Å²) in [5.41, 5.74) is 4.82. The summed E-state index contributed by atoms with van der Waals surface area (Å²) in [5.74, 6) is 6.57. The number of rotatable bonds is 5. The Bertz CT molecular complexity index is 532. The monoisotopic (exact) mass is 291 g/mol. The largest absolute Gasteiger partial charge is 0.271 e. The van der Waals surface area contributed by atoms with Crippen LogP contribution in [0, 0.1) is 0 Å². The first kappa shape index (κ1) is 15.0. The Hall–Kier alpha value is -1.37. The lowest BCUT2D eigenvalue weighted by atomic mass is 10.2. The summed E-state index contributed by atoms with van der Waals surface area (Å²) in [4.78, 5) is 0. The maximum absolute atomic E-state index is 5.71. The van der Waals surface area contributed by atoms with Crippen molar-refractivity contribution in [1.29, 1.82) is 0 Å². The Morgan fingerprint density at radius 1 is 1.30 bits per heavy atom. The van der Waals surface area contributed by atoms with Gasteiger partial charge in [-0.2, -0.15) is 11.8 Å². The van der Waals surface area contributed by atoms with E-state index >= 15 is 0 Å². The summed E-state index contributed by atoms with van der Waals surface area (Å²) >= 11 is 1.86. The topological polar surface area (TPSA) is 68.8 Å². The SMILES string of the molecule is CC(C)(C)SCC(NN)c1cnnn1-c1ccccc1. The zero-order valence-electron chi connectivity index (χ0n) is 12.1. The summed E-state index contributed by atoms with van der Waals surface area (Å²) in [6, 6.07) is 9.96. The van der Waals surface area contributed by atoms with Gasteiger partial charge in [0.15, 0.2) is 0 Å². The number of para-hydroxylation sites is 1. The van der Waals surface area contributed by atoms with Gasteiger partial charge >= 0.3 is 0 Å². The van der Waals surface area contributed by atoms with Gasteiger partial charge in [-0.05, 0) is 12.1 Å². The number of benzene rings is 1. The van der Waals surface area contributed by atoms with E-state index in [1.165, 1.54) is 0 Å². The van der Waals surface area contributed by atoms with Crippen molar-refractivity contribution in [2.24, 2.45) is 5.84 Å². The van der Waals surface area contributed by atoms with Gasteiger partial charge in [0.2, 0.25) is 0 Å². The molecule has 0 radical (unpaired) electrons. The van der Waals surface area contributed by atoms with Crippen molar-refractivity contribution >= 4 is 11.8 Å². The van der Waals surface area contributed by atoms with E-state index in [-0.39, 0.29) is 10.8 Å². The van der Waals surface area contributed by atoms with Crippen LogP contribution in [0.2, 0.25) is 0 Å². The van der Waals surface area contributed by atoms with Crippen molar-refractivity contribution in [2.75, 3.05) is 5.75 Å². The third kappa shape index (κ3) is 3.82. The summed E-state index contributed by atoms with van der Waals surface area (Å²) < 4.78 is 2.02. The van der Waals surface area contributed by atoms with Gasteiger partial charge in [-0.25, -0.2) is 4.68 Å². The van der Waals surface area contributed by atoms with E-state index in [2.05, 4.69) is 36.5 Å². The van der Waals surface area contributed by atoms with Crippen LogP contribution < -0.4 is 11.3 Å². The second-order valence-electron chi connectivity index (χ2n) is 5.55. The van der Waals surface area contributed by atoms with Gasteiger partial charge in [0.05, 0.1) is 23.6 Å². The van der Waals surface area contributed by atoms with Crippen molar-refractivity contribution in [3.8, 4) is 5.69 Å². The molecule has 0 aliphatic heterocycles. The molecule has 0 saturated heterocycles. The van der Waals surface area contributed by atoms with Crippen molar-refractivity contribution in [2.45, 2.75) is 31.6 Å². The summed E-state index contributed by atoms with van der Waals surface area (Å²) in [6.45, 7) is 6.58. The van der Waals surface area contributed by atoms with Crippen LogP contribution in [0.25, 0.3) is 5.69 Å². The van der Waals surface area contributed by atoms with Crippen LogP contribution in [0.15, 0.2) is 36.5 Å². The third-order valence-electron chi connectivity index (χ3n) is 2.82. The molecule has 0 aliphatic carbocycles. The van der Waals surface area contributed by atoms with Gasteiger partial charge in [0.1, 0.15) is 0 Å². The molecule has 2 aromatic rings. The summed E-state index contributed by atoms with van der Waals surface area (Å²) in [5, 5.41) is 8.18. The highest BCUT2D eigenvalue weighted by Gasteiger charge is 2.20. The Balaban J connectivity index is 2.21. The van der Waals surface area contributed by atoms with Crippen molar-refractivity contribution in [3.63, 3.8) is 0 Å². The number of nitrogens with one attached hydrogen (secondary N) is 1. The molecule has 1 unspecified atom stereocenters. The van der Waals surface area contributed by atoms with Crippen molar-refractivity contribution < 1.29 is 0 Å². The first-order chi connectivity index (χ1) is 9.51. The quantitative estimate of drug-likeness (QED) is 0.653. The lowest BCUT2D eigenvalue weighted by Gasteiger charge is -2.22. The first-order valence-corrected chi connectivity index (χ1v) is 7.56. The molecule has 1 aromatic heterocycles. The molecule has 0 amide bonds. The highest BCUT2D eigenvalue weighted by Crippen LogP contribution is 2.28. The minimum Gasteiger partial charge on any atom is -0.271 e. The Labute approximate surface area is 123 Å². The molecule has 1 heterocycles. The van der Waals surface area contributed by atoms with Gasteiger partial charge in [0.25, 0.3) is 0 Å². The maximum Gasteiger partial charge on any atom is 0.0837 e. The zero-order chi connectivity index (χ0) is 14.6. The number of nitrogens with zero attached hydrogens (tertiary/aromatic N) is 3. The highest BCUT2D eigenvalue weighted by atomic mass is 32.2. The van der Waals surface area contributed by atoms with Crippen molar-refractivity contribution in [1.82, 2.24) is 20.4 Å². The van der Waals surface area contributed by atoms with E-state index in [0.717, 1.165) is 17.1 Å². The molecule has 3 N–H and O–H groups in total. The normalized spacial score (nSPS) is 13.4. The highest BCUT2D eigenvalue weighted by molar-refractivity contribution is 8.00. The smallest absolute Gasteiger partial charge is 0.0837 e. The summed E-state index contributed by atoms with van der Waals surface area (Å²) in [6.07, 6.45) is 1.76. The number of hydrazine groups is 1. The van der Waals surface area contributed by atoms with E-state index in [1.807, 2.05) is 46.8 Å². The van der Waals surface area contributed by atoms with Crippen LogP contribution in [-0.4, -0.2) is 25.5 Å². The van der Waals surface area contributed by atoms with Crippen LogP contribution >= 0.6 is 11.8 Å². The minimum atomic E-state index is 0.00873. The van der Waals surface area contributed by atoms with Crippen LogP contribution in [-0.2, 0) is 0 Å². The average molecular weight is 291 g/mol. The molecule has 2 rings (SSSR count). The Morgan fingerprint density at radius 2 is 2.00 bits per heavy atom. The number of nitrogens with two attached hydrogens (primary N) is 1. The van der Waals surface area contributed by atoms with E-state index in [1.54, 1.807) is 6.20 Å². The van der Waals surface area contributed by atoms with E-state index in [4.69, 9.17) is 5.84 Å². The fourth-order valence-electron chi connectivity index (χ4n) is 1.80. The van der Waals surface area contributed by atoms with Gasteiger partial charge in [0, 0.05) is 10.5 Å². The molecular formula is C14H21N5S. The molecule has 108 valence electrons. The second-order valence-corrected chi connectivity index (χ2v) is 7.40. The molecule has 6 heteroatoms. The second kappa shape index (κ2) is 6.39. The molecule has 0 saturated carbocycles. The molecule has 1 aromatic carbocycles. The first-order valence-electron chi connectivity index (χ1n) is 6.57. The number of hydrogen-bond donors (Lipinski definition) is 2. The van der Waals surface area contributed by atoms with Gasteiger partial charge in [-0.15, -0.1) is 5.10 Å². The van der Waals surface area contributed by atoms with Crippen LogP contribution in [0.4, 0.5) is 0 Å². The lowest BCUT2D eigenvalue weighted by Crippen LogP contribution is -2.32. The Kier molecular flexibility index (Phi) is 4.80. The number of thioether (sulfide) groups is 1. The zero-order valence-corrected chi connectivity index (χ0v) is 12.9. The van der Waals surface area contributed by atoms with Crippen LogP contribution in [0.3, 0.4) is 0 Å². The molecule has 0 spiro atoms. The number of aromatic nitrogens is 3.